The molecule has 0 unspecified atom stereocenters. The van der Waals surface area contributed by atoms with Crippen molar-refractivity contribution in [1.82, 2.24) is 24.3 Å². The minimum absolute atomic E-state index is 0.222. The van der Waals surface area contributed by atoms with Crippen molar-refractivity contribution in [2.45, 2.75) is 59.5 Å². The maximum Gasteiger partial charge on any atom is 0.307 e. The average Bonchev–Trinajstić information content (AvgIpc) is 3.57. The fourth-order valence-electron chi connectivity index (χ4n) is 6.39. The molecule has 0 atom stereocenters. The lowest BCUT2D eigenvalue weighted by Crippen LogP contribution is -2.13. The zero-order chi connectivity index (χ0) is 34.5. The third-order valence-corrected chi connectivity index (χ3v) is 8.62. The van der Waals surface area contributed by atoms with Crippen molar-refractivity contribution in [3.63, 3.8) is 0 Å². The molecule has 9 nitrogen and oxygen atoms in total. The second-order valence-corrected chi connectivity index (χ2v) is 13.4. The predicted octanol–water partition coefficient (Wildman–Crippen LogP) is 7.34. The molecule has 2 aromatic carbocycles. The zero-order valence-corrected chi connectivity index (χ0v) is 28.3. The third kappa shape index (κ3) is 6.27. The molecular weight excluding hydrogens is 609 g/mol. The van der Waals surface area contributed by atoms with E-state index in [0.717, 1.165) is 56.4 Å². The monoisotopic (exact) mass is 649 g/mol. The molecule has 0 fully saturated rings. The van der Waals surface area contributed by atoms with Gasteiger partial charge in [0, 0.05) is 53.4 Å². The molecule has 0 spiro atoms. The first-order valence-corrected chi connectivity index (χ1v) is 16.0. The lowest BCUT2D eigenvalue weighted by molar-refractivity contribution is -0.136. The smallest absolute Gasteiger partial charge is 0.307 e. The number of carboxylic acid groups (broad SMARTS) is 1. The maximum absolute atomic E-state index is 15.4. The van der Waals surface area contributed by atoms with Crippen LogP contribution in [0.1, 0.15) is 49.6 Å². The van der Waals surface area contributed by atoms with Gasteiger partial charge in [0.05, 0.1) is 41.7 Å². The Kier molecular flexibility index (Phi) is 8.55. The molecular formula is C38H40FN5O4. The van der Waals surface area contributed by atoms with Crippen LogP contribution in [0.25, 0.3) is 55.6 Å². The average molecular weight is 650 g/mol. The molecule has 5 heterocycles. The van der Waals surface area contributed by atoms with Gasteiger partial charge in [-0.2, -0.15) is 5.10 Å². The summed E-state index contributed by atoms with van der Waals surface area (Å²) < 4.78 is 24.9. The Bertz CT molecular complexity index is 2190. The Morgan fingerprint density at radius 1 is 1.04 bits per heavy atom. The molecule has 2 N–H and O–H groups in total. The number of benzene rings is 2. The highest BCUT2D eigenvalue weighted by molar-refractivity contribution is 6.01. The van der Waals surface area contributed by atoms with Gasteiger partial charge in [-0.15, -0.1) is 0 Å². The molecule has 1 aliphatic heterocycles. The molecule has 10 heteroatoms. The van der Waals surface area contributed by atoms with E-state index in [2.05, 4.69) is 11.2 Å². The van der Waals surface area contributed by atoms with Crippen molar-refractivity contribution in [3.8, 4) is 39.4 Å². The first-order valence-electron chi connectivity index (χ1n) is 16.0. The lowest BCUT2D eigenvalue weighted by atomic mass is 9.87. The van der Waals surface area contributed by atoms with E-state index in [1.807, 2.05) is 79.9 Å². The quantitative estimate of drug-likeness (QED) is 0.201. The number of aliphatic carboxylic acids is 1. The molecule has 0 saturated heterocycles. The van der Waals surface area contributed by atoms with Crippen LogP contribution < -0.4 is 4.74 Å². The van der Waals surface area contributed by atoms with Crippen LogP contribution in [0.15, 0.2) is 54.9 Å². The number of aryl methyl sites for hydroxylation is 3. The van der Waals surface area contributed by atoms with Gasteiger partial charge < -0.3 is 19.5 Å². The van der Waals surface area contributed by atoms with Gasteiger partial charge >= 0.3 is 5.97 Å². The van der Waals surface area contributed by atoms with Crippen LogP contribution >= 0.6 is 0 Å². The summed E-state index contributed by atoms with van der Waals surface area (Å²) in [6, 6.07) is 13.7. The Hall–Kier alpha value is -5.09. The number of carbonyl (C=O) groups is 1. The van der Waals surface area contributed by atoms with Gasteiger partial charge in [-0.1, -0.05) is 6.07 Å². The van der Waals surface area contributed by atoms with Crippen LogP contribution in [-0.2, 0) is 31.7 Å². The van der Waals surface area contributed by atoms with Gasteiger partial charge in [-0.25, -0.2) is 9.37 Å². The highest BCUT2D eigenvalue weighted by Gasteiger charge is 2.26. The van der Waals surface area contributed by atoms with Crippen LogP contribution in [0.2, 0.25) is 0 Å². The Labute approximate surface area is 278 Å². The van der Waals surface area contributed by atoms with Gasteiger partial charge in [0.1, 0.15) is 5.65 Å². The number of nitrogens with zero attached hydrogens (tertiary/aromatic N) is 5. The van der Waals surface area contributed by atoms with Crippen LogP contribution in [0.5, 0.6) is 5.75 Å². The fourth-order valence-corrected chi connectivity index (χ4v) is 6.39. The minimum atomic E-state index is -0.967. The summed E-state index contributed by atoms with van der Waals surface area (Å²) in [6.45, 7) is 9.49. The number of ether oxygens (including phenoxy) is 1. The second kappa shape index (κ2) is 12.5. The van der Waals surface area contributed by atoms with Crippen molar-refractivity contribution < 1.29 is 24.1 Å². The minimum Gasteiger partial charge on any atom is -0.490 e. The number of hydrogen-bond acceptors (Lipinski definition) is 6. The van der Waals surface area contributed by atoms with Crippen molar-refractivity contribution in [1.29, 1.82) is 0 Å². The number of aliphatic hydroxyl groups is 1. The molecule has 0 radical (unpaired) electrons. The van der Waals surface area contributed by atoms with Crippen molar-refractivity contribution in [3.05, 3.63) is 83.1 Å². The second-order valence-electron chi connectivity index (χ2n) is 13.4. The molecule has 6 aromatic rings. The van der Waals surface area contributed by atoms with E-state index in [1.165, 1.54) is 6.07 Å². The summed E-state index contributed by atoms with van der Waals surface area (Å²) in [5.74, 6) is -1.10. The Morgan fingerprint density at radius 3 is 2.46 bits per heavy atom. The highest BCUT2D eigenvalue weighted by atomic mass is 19.1. The SMILES string of the molecule is CC(C)(C)O.Cc1nc2c(cc(-c3ccc(-c4ccc5c(cnn5C)c4)nc3)n2C)c(-c2cc(F)c3c(c2C)CCCO3)c1CC(=O)O. The summed E-state index contributed by atoms with van der Waals surface area (Å²) in [7, 11) is 3.85. The molecule has 48 heavy (non-hydrogen) atoms. The largest absolute Gasteiger partial charge is 0.490 e. The Morgan fingerprint density at radius 2 is 1.77 bits per heavy atom. The first-order chi connectivity index (χ1) is 22.7. The molecule has 0 amide bonds. The number of halogens is 1. The number of hydrogen-bond donors (Lipinski definition) is 2. The number of rotatable bonds is 5. The Balaban J connectivity index is 0.000000749. The summed E-state index contributed by atoms with van der Waals surface area (Å²) in [6.07, 6.45) is 4.97. The van der Waals surface area contributed by atoms with Crippen molar-refractivity contribution in [2.75, 3.05) is 6.61 Å². The van der Waals surface area contributed by atoms with Gasteiger partial charge in [0.2, 0.25) is 0 Å². The van der Waals surface area contributed by atoms with E-state index in [1.54, 1.807) is 20.8 Å². The van der Waals surface area contributed by atoms with E-state index < -0.39 is 17.4 Å². The van der Waals surface area contributed by atoms with Gasteiger partial charge in [0.25, 0.3) is 0 Å². The summed E-state index contributed by atoms with van der Waals surface area (Å²) >= 11 is 0. The highest BCUT2D eigenvalue weighted by Crippen LogP contribution is 2.43. The molecule has 1 aliphatic rings. The molecule has 0 aliphatic carbocycles. The fraction of sp³-hybridized carbons (Fsp3) is 0.316. The van der Waals surface area contributed by atoms with Gasteiger partial charge in [0.15, 0.2) is 11.6 Å². The van der Waals surface area contributed by atoms with Crippen LogP contribution in [-0.4, -0.2) is 52.7 Å². The van der Waals surface area contributed by atoms with Crippen LogP contribution in [0.4, 0.5) is 4.39 Å². The first kappa shape index (κ1) is 32.8. The van der Waals surface area contributed by atoms with Crippen LogP contribution in [0, 0.1) is 19.7 Å². The number of pyridine rings is 2. The van der Waals surface area contributed by atoms with Gasteiger partial charge in [-0.3, -0.25) is 14.5 Å². The van der Waals surface area contributed by atoms with Crippen LogP contribution in [0.3, 0.4) is 0 Å². The lowest BCUT2D eigenvalue weighted by Gasteiger charge is -2.23. The molecule has 4 aromatic heterocycles. The van der Waals surface area contributed by atoms with Crippen molar-refractivity contribution in [2.24, 2.45) is 14.1 Å². The summed E-state index contributed by atoms with van der Waals surface area (Å²) in [5, 5.41) is 24.5. The van der Waals surface area contributed by atoms with Gasteiger partial charge in [-0.05, 0) is 106 Å². The maximum atomic E-state index is 15.4. The molecule has 0 bridgehead atoms. The molecule has 7 rings (SSSR count). The number of aromatic nitrogens is 5. The standard InChI is InChI=1S/C34H30FN5O3.C4H10O/c1-18-23-6-5-11-43-33(23)27(35)13-24(18)32-25(15-31(41)42)19(2)38-34-26(32)14-30(39(34)3)21-7-9-28(36-16-21)20-8-10-29-22(12-20)17-37-40(29)4;1-4(2,3)5/h7-10,12-14,16-17H,5-6,11,15H2,1-4H3,(H,41,42);5H,1-3H3. The van der Waals surface area contributed by atoms with E-state index in [9.17, 15) is 9.90 Å². The van der Waals surface area contributed by atoms with E-state index in [4.69, 9.17) is 19.8 Å². The predicted molar refractivity (Wildman–Crippen MR) is 186 cm³/mol. The molecule has 248 valence electrons. The van der Waals surface area contributed by atoms with Crippen molar-refractivity contribution >= 4 is 27.9 Å². The third-order valence-electron chi connectivity index (χ3n) is 8.62. The van der Waals surface area contributed by atoms with E-state index in [-0.39, 0.29) is 6.42 Å². The topological polar surface area (TPSA) is 115 Å². The summed E-state index contributed by atoms with van der Waals surface area (Å²) in [4.78, 5) is 21.6. The molecule has 0 saturated carbocycles. The zero-order valence-electron chi connectivity index (χ0n) is 28.3. The van der Waals surface area contributed by atoms with E-state index in [0.29, 0.717) is 46.8 Å². The number of carboxylic acids is 1. The summed E-state index contributed by atoms with van der Waals surface area (Å²) in [5.41, 5.74) is 9.13. The number of fused-ring (bicyclic) bond motifs is 3. The normalized spacial score (nSPS) is 12.9. The van der Waals surface area contributed by atoms with E-state index >= 15 is 4.39 Å².